The van der Waals surface area contributed by atoms with Gasteiger partial charge in [-0.3, -0.25) is 0 Å². The van der Waals surface area contributed by atoms with E-state index in [1.807, 2.05) is 0 Å². The van der Waals surface area contributed by atoms with Crippen molar-refractivity contribution in [3.63, 3.8) is 0 Å². The largest absolute Gasteiger partial charge is 0.394 e. The summed E-state index contributed by atoms with van der Waals surface area (Å²) in [5, 5.41) is 51.4. The lowest BCUT2D eigenvalue weighted by Crippen LogP contribution is -2.49. The second-order valence-electron chi connectivity index (χ2n) is 4.95. The first-order valence-electron chi connectivity index (χ1n) is 6.64. The molecule has 0 unspecified atom stereocenters. The minimum absolute atomic E-state index is 0.0463. The molecule has 0 radical (unpaired) electrons. The SMILES string of the molecule is CN(C[C@H](O)[C@H](O)[C@H](O)[C@H](O)CO)c1ccnc2ncnn12. The highest BCUT2D eigenvalue weighted by Gasteiger charge is 2.30. The zero-order valence-corrected chi connectivity index (χ0v) is 11.9. The molecule has 2 rings (SSSR count). The monoisotopic (exact) mass is 313 g/mol. The van der Waals surface area contributed by atoms with Crippen molar-refractivity contribution >= 4 is 11.6 Å². The van der Waals surface area contributed by atoms with Gasteiger partial charge in [-0.25, -0.2) is 4.98 Å². The van der Waals surface area contributed by atoms with Crippen LogP contribution < -0.4 is 4.90 Å². The standard InChI is InChI=1S/C12H19N5O5/c1-16(4-7(19)10(21)11(22)8(20)5-18)9-2-3-13-12-14-6-15-17(9)12/h2-3,6-8,10-11,18-22H,4-5H2,1H3/t7-,8+,10-,11+/m0/s1. The number of hydrogen-bond acceptors (Lipinski definition) is 9. The number of aliphatic hydroxyl groups is 5. The zero-order valence-electron chi connectivity index (χ0n) is 11.9. The van der Waals surface area contributed by atoms with Crippen molar-refractivity contribution in [2.45, 2.75) is 24.4 Å². The lowest BCUT2D eigenvalue weighted by molar-refractivity contribution is -0.112. The molecule has 0 bridgehead atoms. The fourth-order valence-electron chi connectivity index (χ4n) is 2.06. The summed E-state index contributed by atoms with van der Waals surface area (Å²) in [4.78, 5) is 9.54. The number of anilines is 1. The van der Waals surface area contributed by atoms with E-state index in [0.717, 1.165) is 0 Å². The van der Waals surface area contributed by atoms with Gasteiger partial charge in [-0.15, -0.1) is 0 Å². The van der Waals surface area contributed by atoms with Gasteiger partial charge in [-0.05, 0) is 6.07 Å². The van der Waals surface area contributed by atoms with Crippen molar-refractivity contribution in [2.75, 3.05) is 25.1 Å². The average molecular weight is 313 g/mol. The fraction of sp³-hybridized carbons (Fsp3) is 0.583. The van der Waals surface area contributed by atoms with E-state index in [4.69, 9.17) is 5.11 Å². The van der Waals surface area contributed by atoms with E-state index in [1.54, 1.807) is 18.0 Å². The van der Waals surface area contributed by atoms with Crippen LogP contribution in [0.4, 0.5) is 5.82 Å². The Morgan fingerprint density at radius 1 is 1.14 bits per heavy atom. The molecule has 0 saturated carbocycles. The first kappa shape index (κ1) is 16.5. The number of nitrogens with zero attached hydrogens (tertiary/aromatic N) is 5. The summed E-state index contributed by atoms with van der Waals surface area (Å²) in [6, 6.07) is 1.65. The van der Waals surface area contributed by atoms with Crippen LogP contribution in [0.25, 0.3) is 5.78 Å². The van der Waals surface area contributed by atoms with E-state index in [0.29, 0.717) is 11.6 Å². The minimum Gasteiger partial charge on any atom is -0.394 e. The van der Waals surface area contributed by atoms with Crippen molar-refractivity contribution in [1.82, 2.24) is 19.6 Å². The molecule has 0 amide bonds. The average Bonchev–Trinajstić information content (AvgIpc) is 3.00. The van der Waals surface area contributed by atoms with Crippen LogP contribution in [-0.4, -0.2) is 89.7 Å². The van der Waals surface area contributed by atoms with Crippen molar-refractivity contribution in [3.8, 4) is 0 Å². The molecule has 10 heteroatoms. The molecule has 0 fully saturated rings. The van der Waals surface area contributed by atoms with E-state index in [1.165, 1.54) is 17.0 Å². The van der Waals surface area contributed by atoms with Crippen LogP contribution in [0.1, 0.15) is 0 Å². The van der Waals surface area contributed by atoms with Gasteiger partial charge in [0.05, 0.1) is 12.7 Å². The lowest BCUT2D eigenvalue weighted by Gasteiger charge is -2.29. The summed E-state index contributed by atoms with van der Waals surface area (Å²) in [7, 11) is 1.65. The van der Waals surface area contributed by atoms with Crippen LogP contribution in [0.15, 0.2) is 18.6 Å². The number of aromatic nitrogens is 4. The van der Waals surface area contributed by atoms with E-state index in [-0.39, 0.29) is 6.54 Å². The molecular formula is C12H19N5O5. The molecule has 0 aliphatic carbocycles. The third-order valence-corrected chi connectivity index (χ3v) is 3.34. The molecule has 0 aliphatic rings. The van der Waals surface area contributed by atoms with Gasteiger partial charge in [0.15, 0.2) is 0 Å². The maximum Gasteiger partial charge on any atom is 0.254 e. The Kier molecular flexibility index (Phi) is 5.21. The van der Waals surface area contributed by atoms with Gasteiger partial charge in [-0.1, -0.05) is 0 Å². The highest BCUT2D eigenvalue weighted by Crippen LogP contribution is 2.14. The summed E-state index contributed by atoms with van der Waals surface area (Å²) in [6.07, 6.45) is -3.28. The Hall–Kier alpha value is -1.85. The summed E-state index contributed by atoms with van der Waals surface area (Å²) in [5.74, 6) is 0.959. The lowest BCUT2D eigenvalue weighted by atomic mass is 10.0. The molecule has 0 aliphatic heterocycles. The third kappa shape index (κ3) is 3.31. The molecule has 2 aromatic heterocycles. The number of hydrogen-bond donors (Lipinski definition) is 5. The van der Waals surface area contributed by atoms with E-state index in [2.05, 4.69) is 15.1 Å². The van der Waals surface area contributed by atoms with Gasteiger partial charge in [0.1, 0.15) is 30.5 Å². The van der Waals surface area contributed by atoms with Crippen molar-refractivity contribution in [3.05, 3.63) is 18.6 Å². The van der Waals surface area contributed by atoms with Crippen LogP contribution in [-0.2, 0) is 0 Å². The van der Waals surface area contributed by atoms with Crippen LogP contribution in [0.5, 0.6) is 0 Å². The van der Waals surface area contributed by atoms with E-state index >= 15 is 0 Å². The Labute approximate surface area is 125 Å². The number of rotatable bonds is 7. The Morgan fingerprint density at radius 3 is 2.50 bits per heavy atom. The van der Waals surface area contributed by atoms with Gasteiger partial charge in [0.25, 0.3) is 5.78 Å². The third-order valence-electron chi connectivity index (χ3n) is 3.34. The predicted octanol–water partition coefficient (Wildman–Crippen LogP) is -3.00. The molecule has 122 valence electrons. The first-order valence-corrected chi connectivity index (χ1v) is 6.64. The van der Waals surface area contributed by atoms with Crippen LogP contribution >= 0.6 is 0 Å². The first-order chi connectivity index (χ1) is 10.5. The highest BCUT2D eigenvalue weighted by molar-refractivity contribution is 5.44. The Balaban J connectivity index is 2.08. The van der Waals surface area contributed by atoms with E-state index in [9.17, 15) is 20.4 Å². The minimum atomic E-state index is -1.66. The Bertz CT molecular complexity index is 608. The molecule has 0 saturated heterocycles. The molecule has 2 aromatic rings. The van der Waals surface area contributed by atoms with E-state index < -0.39 is 31.0 Å². The van der Waals surface area contributed by atoms with Gasteiger partial charge in [0, 0.05) is 19.8 Å². The molecular weight excluding hydrogens is 294 g/mol. The summed E-state index contributed by atoms with van der Waals surface area (Å²) in [5.41, 5.74) is 0. The highest BCUT2D eigenvalue weighted by atomic mass is 16.4. The molecule has 0 aromatic carbocycles. The predicted molar refractivity (Wildman–Crippen MR) is 75.2 cm³/mol. The maximum atomic E-state index is 9.98. The zero-order chi connectivity index (χ0) is 16.3. The van der Waals surface area contributed by atoms with Gasteiger partial charge in [0.2, 0.25) is 0 Å². The summed E-state index contributed by atoms with van der Waals surface area (Å²) in [6.45, 7) is -0.764. The molecule has 2 heterocycles. The second kappa shape index (κ2) is 6.94. The quantitative estimate of drug-likeness (QED) is 0.360. The van der Waals surface area contributed by atoms with Gasteiger partial charge in [-0.2, -0.15) is 14.6 Å². The van der Waals surface area contributed by atoms with Gasteiger partial charge < -0.3 is 30.4 Å². The molecule has 4 atom stereocenters. The molecule has 10 nitrogen and oxygen atoms in total. The number of likely N-dealkylation sites (N-methyl/N-ethyl adjacent to an activating group) is 1. The van der Waals surface area contributed by atoms with Crippen molar-refractivity contribution in [2.24, 2.45) is 0 Å². The fourth-order valence-corrected chi connectivity index (χ4v) is 2.06. The van der Waals surface area contributed by atoms with Crippen LogP contribution in [0.2, 0.25) is 0 Å². The smallest absolute Gasteiger partial charge is 0.254 e. The molecule has 0 spiro atoms. The normalized spacial score (nSPS) is 17.2. The maximum absolute atomic E-state index is 9.98. The molecule has 22 heavy (non-hydrogen) atoms. The topological polar surface area (TPSA) is 147 Å². The summed E-state index contributed by atoms with van der Waals surface area (Å²) < 4.78 is 1.46. The number of aliphatic hydroxyl groups excluding tert-OH is 5. The summed E-state index contributed by atoms with van der Waals surface area (Å²) >= 11 is 0. The molecule has 5 N–H and O–H groups in total. The van der Waals surface area contributed by atoms with Crippen LogP contribution in [0, 0.1) is 0 Å². The second-order valence-corrected chi connectivity index (χ2v) is 4.95. The van der Waals surface area contributed by atoms with Gasteiger partial charge >= 0.3 is 0 Å². The van der Waals surface area contributed by atoms with Crippen molar-refractivity contribution < 1.29 is 25.5 Å². The Morgan fingerprint density at radius 2 is 1.82 bits per heavy atom. The van der Waals surface area contributed by atoms with Crippen LogP contribution in [0.3, 0.4) is 0 Å². The van der Waals surface area contributed by atoms with Crippen molar-refractivity contribution in [1.29, 1.82) is 0 Å². The number of fused-ring (bicyclic) bond motifs is 1.